The van der Waals surface area contributed by atoms with Gasteiger partial charge in [-0.05, 0) is 50.1 Å². The molecule has 1 aromatic heterocycles. The Bertz CT molecular complexity index is 1060. The lowest BCUT2D eigenvalue weighted by Gasteiger charge is -2.11. The minimum Gasteiger partial charge on any atom is -0.485 e. The third-order valence-corrected chi connectivity index (χ3v) is 5.31. The lowest BCUT2D eigenvalue weighted by Crippen LogP contribution is -2.16. The van der Waals surface area contributed by atoms with Crippen LogP contribution in [0.1, 0.15) is 23.9 Å². The number of carbonyl (C=O) groups is 1. The van der Waals surface area contributed by atoms with Crippen molar-refractivity contribution < 1.29 is 18.3 Å². The Morgan fingerprint density at radius 2 is 1.97 bits per heavy atom. The Labute approximate surface area is 177 Å². The van der Waals surface area contributed by atoms with E-state index < -0.39 is 17.5 Å². The molecule has 0 saturated carbocycles. The summed E-state index contributed by atoms with van der Waals surface area (Å²) in [5.74, 6) is -0.513. The number of ether oxygens (including phenoxy) is 1. The highest BCUT2D eigenvalue weighted by Gasteiger charge is 2.15. The summed E-state index contributed by atoms with van der Waals surface area (Å²) in [6.07, 6.45) is 0. The predicted octanol–water partition coefficient (Wildman–Crippen LogP) is 4.50. The number of aromatic nitrogens is 3. The molecule has 3 aromatic rings. The SMILES string of the molecule is CCn1c(COc2cc(C)ccc2C)nnc1SCC(=O)Nc1ccc(F)cc1F. The summed E-state index contributed by atoms with van der Waals surface area (Å²) in [4.78, 5) is 12.1. The van der Waals surface area contributed by atoms with Gasteiger partial charge in [-0.25, -0.2) is 8.78 Å². The summed E-state index contributed by atoms with van der Waals surface area (Å²) < 4.78 is 34.4. The Kier molecular flexibility index (Phi) is 7.04. The molecule has 0 radical (unpaired) electrons. The number of benzene rings is 2. The molecule has 0 saturated heterocycles. The molecule has 0 aliphatic carbocycles. The van der Waals surface area contributed by atoms with Gasteiger partial charge < -0.3 is 14.6 Å². The van der Waals surface area contributed by atoms with Crippen molar-refractivity contribution in [3.8, 4) is 5.75 Å². The molecule has 0 bridgehead atoms. The highest BCUT2D eigenvalue weighted by atomic mass is 32.2. The molecule has 0 fully saturated rings. The molecule has 3 rings (SSSR count). The van der Waals surface area contributed by atoms with Crippen molar-refractivity contribution in [2.45, 2.75) is 39.1 Å². The lowest BCUT2D eigenvalue weighted by molar-refractivity contribution is -0.113. The maximum Gasteiger partial charge on any atom is 0.234 e. The first kappa shape index (κ1) is 21.8. The topological polar surface area (TPSA) is 69.0 Å². The number of rotatable bonds is 8. The summed E-state index contributed by atoms with van der Waals surface area (Å²) in [5, 5.41) is 11.3. The fourth-order valence-corrected chi connectivity index (χ4v) is 3.58. The normalized spacial score (nSPS) is 10.8. The van der Waals surface area contributed by atoms with Gasteiger partial charge in [0, 0.05) is 12.6 Å². The number of nitrogens with one attached hydrogen (secondary N) is 1. The van der Waals surface area contributed by atoms with E-state index in [4.69, 9.17) is 4.74 Å². The van der Waals surface area contributed by atoms with Crippen LogP contribution >= 0.6 is 11.8 Å². The number of halogens is 2. The largest absolute Gasteiger partial charge is 0.485 e. The molecule has 0 aliphatic rings. The fraction of sp³-hybridized carbons (Fsp3) is 0.286. The number of thioether (sulfide) groups is 1. The molecule has 1 N–H and O–H groups in total. The molecule has 0 spiro atoms. The van der Waals surface area contributed by atoms with Gasteiger partial charge in [-0.15, -0.1) is 10.2 Å². The van der Waals surface area contributed by atoms with Gasteiger partial charge in [0.25, 0.3) is 0 Å². The first-order valence-electron chi connectivity index (χ1n) is 9.37. The number of hydrogen-bond acceptors (Lipinski definition) is 5. The molecule has 30 heavy (non-hydrogen) atoms. The van der Waals surface area contributed by atoms with Crippen LogP contribution in [-0.4, -0.2) is 26.4 Å². The van der Waals surface area contributed by atoms with Crippen molar-refractivity contribution >= 4 is 23.4 Å². The molecular formula is C21H22F2N4O2S. The Balaban J connectivity index is 1.61. The number of amides is 1. The minimum atomic E-state index is -0.823. The number of nitrogens with zero attached hydrogens (tertiary/aromatic N) is 3. The second kappa shape index (κ2) is 9.71. The van der Waals surface area contributed by atoms with E-state index in [1.807, 2.05) is 43.5 Å². The number of hydrogen-bond donors (Lipinski definition) is 1. The number of aryl methyl sites for hydroxylation is 2. The smallest absolute Gasteiger partial charge is 0.234 e. The molecule has 2 aromatic carbocycles. The van der Waals surface area contributed by atoms with Gasteiger partial charge in [0.15, 0.2) is 11.0 Å². The van der Waals surface area contributed by atoms with Gasteiger partial charge in [-0.1, -0.05) is 23.9 Å². The third kappa shape index (κ3) is 5.35. The van der Waals surface area contributed by atoms with Crippen molar-refractivity contribution in [1.82, 2.24) is 14.8 Å². The quantitative estimate of drug-likeness (QED) is 0.531. The monoisotopic (exact) mass is 432 g/mol. The standard InChI is InChI=1S/C21H22F2N4O2S/c1-4-27-19(11-29-18-9-13(2)5-6-14(18)3)25-26-21(27)30-12-20(28)24-17-8-7-15(22)10-16(17)23/h5-10H,4,11-12H2,1-3H3,(H,24,28). The summed E-state index contributed by atoms with van der Waals surface area (Å²) in [5.41, 5.74) is 2.07. The molecule has 1 heterocycles. The van der Waals surface area contributed by atoms with E-state index in [9.17, 15) is 13.6 Å². The van der Waals surface area contributed by atoms with Crippen molar-refractivity contribution in [3.05, 3.63) is 65.0 Å². The third-order valence-electron chi connectivity index (χ3n) is 4.35. The van der Waals surface area contributed by atoms with Crippen molar-refractivity contribution in [3.63, 3.8) is 0 Å². The van der Waals surface area contributed by atoms with Crippen molar-refractivity contribution in [1.29, 1.82) is 0 Å². The van der Waals surface area contributed by atoms with Crippen LogP contribution in [-0.2, 0) is 17.9 Å². The predicted molar refractivity (Wildman–Crippen MR) is 112 cm³/mol. The average Bonchev–Trinajstić information content (AvgIpc) is 3.11. The second-order valence-corrected chi connectivity index (χ2v) is 7.60. The van der Waals surface area contributed by atoms with E-state index in [0.29, 0.717) is 17.5 Å². The van der Waals surface area contributed by atoms with Gasteiger partial charge in [0.05, 0.1) is 11.4 Å². The first-order valence-corrected chi connectivity index (χ1v) is 10.4. The Morgan fingerprint density at radius 1 is 1.17 bits per heavy atom. The highest BCUT2D eigenvalue weighted by molar-refractivity contribution is 7.99. The second-order valence-electron chi connectivity index (χ2n) is 6.66. The summed E-state index contributed by atoms with van der Waals surface area (Å²) in [6.45, 7) is 6.78. The minimum absolute atomic E-state index is 0.00674. The van der Waals surface area contributed by atoms with Crippen LogP contribution in [0.4, 0.5) is 14.5 Å². The Morgan fingerprint density at radius 3 is 2.70 bits per heavy atom. The summed E-state index contributed by atoms with van der Waals surface area (Å²) in [7, 11) is 0. The summed E-state index contributed by atoms with van der Waals surface area (Å²) in [6, 6.07) is 8.98. The lowest BCUT2D eigenvalue weighted by atomic mass is 10.1. The van der Waals surface area contributed by atoms with E-state index >= 15 is 0 Å². The average molecular weight is 432 g/mol. The molecule has 0 aliphatic heterocycles. The van der Waals surface area contributed by atoms with Gasteiger partial charge in [-0.2, -0.15) is 0 Å². The van der Waals surface area contributed by atoms with E-state index in [0.717, 1.165) is 29.0 Å². The molecule has 0 atom stereocenters. The van der Waals surface area contributed by atoms with Crippen LogP contribution in [0.3, 0.4) is 0 Å². The van der Waals surface area contributed by atoms with E-state index in [-0.39, 0.29) is 18.0 Å². The van der Waals surface area contributed by atoms with Crippen LogP contribution in [0.2, 0.25) is 0 Å². The zero-order valence-electron chi connectivity index (χ0n) is 16.9. The maximum absolute atomic E-state index is 13.7. The van der Waals surface area contributed by atoms with Crippen LogP contribution in [0.5, 0.6) is 5.75 Å². The molecular weight excluding hydrogens is 410 g/mol. The van der Waals surface area contributed by atoms with Gasteiger partial charge in [0.1, 0.15) is 24.0 Å². The maximum atomic E-state index is 13.7. The zero-order chi connectivity index (χ0) is 21.7. The Hall–Kier alpha value is -2.94. The molecule has 9 heteroatoms. The van der Waals surface area contributed by atoms with Crippen LogP contribution < -0.4 is 10.1 Å². The molecule has 6 nitrogen and oxygen atoms in total. The van der Waals surface area contributed by atoms with Crippen LogP contribution in [0.15, 0.2) is 41.6 Å². The molecule has 1 amide bonds. The zero-order valence-corrected chi connectivity index (χ0v) is 17.7. The van der Waals surface area contributed by atoms with Gasteiger partial charge in [-0.3, -0.25) is 4.79 Å². The van der Waals surface area contributed by atoms with Gasteiger partial charge in [0.2, 0.25) is 5.91 Å². The highest BCUT2D eigenvalue weighted by Crippen LogP contribution is 2.22. The van der Waals surface area contributed by atoms with E-state index in [1.54, 1.807) is 0 Å². The summed E-state index contributed by atoms with van der Waals surface area (Å²) >= 11 is 1.18. The number of anilines is 1. The molecule has 0 unspecified atom stereocenters. The van der Waals surface area contributed by atoms with Crippen LogP contribution in [0, 0.1) is 25.5 Å². The first-order chi connectivity index (χ1) is 14.4. The van der Waals surface area contributed by atoms with E-state index in [1.165, 1.54) is 17.8 Å². The van der Waals surface area contributed by atoms with E-state index in [2.05, 4.69) is 15.5 Å². The van der Waals surface area contributed by atoms with Gasteiger partial charge >= 0.3 is 0 Å². The van der Waals surface area contributed by atoms with Crippen molar-refractivity contribution in [2.24, 2.45) is 0 Å². The fourth-order valence-electron chi connectivity index (χ4n) is 2.76. The van der Waals surface area contributed by atoms with Crippen molar-refractivity contribution in [2.75, 3.05) is 11.1 Å². The molecule has 158 valence electrons. The number of carbonyl (C=O) groups excluding carboxylic acids is 1. The van der Waals surface area contributed by atoms with Crippen LogP contribution in [0.25, 0.3) is 0 Å².